The number of anilines is 2. The van der Waals surface area contributed by atoms with E-state index in [2.05, 4.69) is 20.9 Å². The van der Waals surface area contributed by atoms with Gasteiger partial charge in [-0.1, -0.05) is 65.1 Å². The first-order valence-corrected chi connectivity index (χ1v) is 16.8. The maximum atomic E-state index is 14.6. The zero-order valence-corrected chi connectivity index (χ0v) is 28.3. The molecule has 3 amide bonds. The van der Waals surface area contributed by atoms with Crippen LogP contribution in [0.4, 0.5) is 15.2 Å². The molecule has 47 heavy (non-hydrogen) atoms. The molecule has 238 valence electrons. The second-order valence-corrected chi connectivity index (χ2v) is 13.4. The van der Waals surface area contributed by atoms with E-state index in [1.165, 1.54) is 47.4 Å². The van der Waals surface area contributed by atoms with Crippen molar-refractivity contribution in [1.82, 2.24) is 10.3 Å². The lowest BCUT2D eigenvalue weighted by molar-refractivity contribution is -0.115. The van der Waals surface area contributed by atoms with Gasteiger partial charge in [0.05, 0.1) is 21.0 Å². The van der Waals surface area contributed by atoms with E-state index in [-0.39, 0.29) is 22.2 Å². The highest BCUT2D eigenvalue weighted by Gasteiger charge is 2.20. The molecule has 1 unspecified atom stereocenters. The van der Waals surface area contributed by atoms with Gasteiger partial charge in [0.15, 0.2) is 5.13 Å². The van der Waals surface area contributed by atoms with Crippen molar-refractivity contribution >= 4 is 92.5 Å². The van der Waals surface area contributed by atoms with Crippen molar-refractivity contribution in [3.05, 3.63) is 134 Å². The summed E-state index contributed by atoms with van der Waals surface area (Å²) in [5, 5.41) is 10.8. The van der Waals surface area contributed by atoms with Crippen LogP contribution in [0.2, 0.25) is 15.1 Å². The molecule has 0 fully saturated rings. The minimum Gasteiger partial charge on any atom is -0.321 e. The van der Waals surface area contributed by atoms with Gasteiger partial charge in [-0.15, -0.1) is 23.1 Å². The standard InChI is InChI=1S/C34H24Cl3FN4O3S2/c1-19(31(43)42-34-41-30(18-46-34)24-14-13-21(35)15-27(24)37)47-23-10-5-9-22(16-23)39-33(45)29(17-25-26(36)11-6-12-28(25)38)40-32(44)20-7-3-2-4-8-20/h2-19H,1H3,(H,39,45)(H,40,44)(H,41,42,43)/b29-17+. The molecule has 1 aromatic heterocycles. The van der Waals surface area contributed by atoms with Crippen molar-refractivity contribution in [2.24, 2.45) is 0 Å². The number of carbonyl (C=O) groups is 3. The maximum absolute atomic E-state index is 14.6. The van der Waals surface area contributed by atoms with Gasteiger partial charge in [-0.2, -0.15) is 0 Å². The summed E-state index contributed by atoms with van der Waals surface area (Å²) in [6.07, 6.45) is 1.18. The summed E-state index contributed by atoms with van der Waals surface area (Å²) in [5.74, 6) is -2.21. The quantitative estimate of drug-likeness (QED) is 0.0984. The van der Waals surface area contributed by atoms with Crippen LogP contribution in [0.5, 0.6) is 0 Å². The average Bonchev–Trinajstić information content (AvgIpc) is 3.50. The molecule has 0 spiro atoms. The fourth-order valence-electron chi connectivity index (χ4n) is 4.20. The number of benzene rings is 4. The normalized spacial score (nSPS) is 11.9. The highest BCUT2D eigenvalue weighted by atomic mass is 35.5. The Kier molecular flexibility index (Phi) is 11.3. The number of hydrogen-bond acceptors (Lipinski definition) is 6. The molecule has 0 aliphatic rings. The summed E-state index contributed by atoms with van der Waals surface area (Å²) in [5.41, 5.74) is 1.72. The summed E-state index contributed by atoms with van der Waals surface area (Å²) in [7, 11) is 0. The monoisotopic (exact) mass is 724 g/mol. The van der Waals surface area contributed by atoms with E-state index in [9.17, 15) is 18.8 Å². The topological polar surface area (TPSA) is 100 Å². The minimum atomic E-state index is -0.707. The number of thioether (sulfide) groups is 1. The smallest absolute Gasteiger partial charge is 0.272 e. The molecular weight excluding hydrogens is 702 g/mol. The molecule has 7 nitrogen and oxygen atoms in total. The number of carbonyl (C=O) groups excluding carboxylic acids is 3. The molecule has 0 radical (unpaired) electrons. The Morgan fingerprint density at radius 3 is 2.40 bits per heavy atom. The summed E-state index contributed by atoms with van der Waals surface area (Å²) >= 11 is 21.0. The van der Waals surface area contributed by atoms with E-state index in [1.807, 2.05) is 0 Å². The number of nitrogens with zero attached hydrogens (tertiary/aromatic N) is 1. The van der Waals surface area contributed by atoms with Crippen molar-refractivity contribution in [2.45, 2.75) is 17.1 Å². The molecule has 0 aliphatic heterocycles. The predicted octanol–water partition coefficient (Wildman–Crippen LogP) is 9.44. The fraction of sp³-hybridized carbons (Fsp3) is 0.0588. The molecule has 0 aliphatic carbocycles. The predicted molar refractivity (Wildman–Crippen MR) is 190 cm³/mol. The number of nitrogens with one attached hydrogen (secondary N) is 3. The van der Waals surface area contributed by atoms with Gasteiger partial charge in [0, 0.05) is 37.7 Å². The van der Waals surface area contributed by atoms with Crippen LogP contribution in [0, 0.1) is 5.82 Å². The van der Waals surface area contributed by atoms with Gasteiger partial charge < -0.3 is 16.0 Å². The van der Waals surface area contributed by atoms with E-state index in [0.29, 0.717) is 42.6 Å². The van der Waals surface area contributed by atoms with Gasteiger partial charge in [0.1, 0.15) is 11.5 Å². The zero-order valence-electron chi connectivity index (χ0n) is 24.4. The van der Waals surface area contributed by atoms with Crippen molar-refractivity contribution < 1.29 is 18.8 Å². The fourth-order valence-corrected chi connectivity index (χ4v) is 6.56. The van der Waals surface area contributed by atoms with Crippen LogP contribution >= 0.6 is 57.9 Å². The summed E-state index contributed by atoms with van der Waals surface area (Å²) in [6, 6.07) is 24.4. The van der Waals surface area contributed by atoms with Crippen molar-refractivity contribution in [3.63, 3.8) is 0 Å². The van der Waals surface area contributed by atoms with Gasteiger partial charge in [-0.25, -0.2) is 9.37 Å². The highest BCUT2D eigenvalue weighted by Crippen LogP contribution is 2.33. The molecule has 5 rings (SSSR count). The van der Waals surface area contributed by atoms with Crippen molar-refractivity contribution in [3.8, 4) is 11.3 Å². The summed E-state index contributed by atoms with van der Waals surface area (Å²) in [6.45, 7) is 1.74. The van der Waals surface area contributed by atoms with Crippen LogP contribution in [-0.2, 0) is 9.59 Å². The first-order chi connectivity index (χ1) is 22.6. The Labute approximate surface area is 293 Å². The second kappa shape index (κ2) is 15.6. The van der Waals surface area contributed by atoms with E-state index < -0.39 is 22.9 Å². The minimum absolute atomic E-state index is 0.0552. The maximum Gasteiger partial charge on any atom is 0.272 e. The number of amides is 3. The average molecular weight is 726 g/mol. The molecule has 0 saturated carbocycles. The Morgan fingerprint density at radius 1 is 0.894 bits per heavy atom. The summed E-state index contributed by atoms with van der Waals surface area (Å²) < 4.78 is 14.6. The van der Waals surface area contributed by atoms with Crippen LogP contribution in [-0.4, -0.2) is 28.0 Å². The Hall–Kier alpha value is -4.19. The Bertz CT molecular complexity index is 1970. The number of hydrogen-bond donors (Lipinski definition) is 3. The first-order valence-electron chi connectivity index (χ1n) is 13.9. The molecule has 13 heteroatoms. The van der Waals surface area contributed by atoms with Crippen LogP contribution < -0.4 is 16.0 Å². The van der Waals surface area contributed by atoms with Crippen molar-refractivity contribution in [2.75, 3.05) is 10.6 Å². The number of rotatable bonds is 10. The number of thiazole rings is 1. The molecule has 3 N–H and O–H groups in total. The third-order valence-electron chi connectivity index (χ3n) is 6.53. The van der Waals surface area contributed by atoms with Crippen LogP contribution in [0.25, 0.3) is 17.3 Å². The largest absolute Gasteiger partial charge is 0.321 e. The van der Waals surface area contributed by atoms with Crippen LogP contribution in [0.15, 0.2) is 107 Å². The zero-order chi connectivity index (χ0) is 33.5. The van der Waals surface area contributed by atoms with E-state index >= 15 is 0 Å². The molecular formula is C34H24Cl3FN4O3S2. The number of halogens is 4. The highest BCUT2D eigenvalue weighted by molar-refractivity contribution is 8.00. The first kappa shape index (κ1) is 34.2. The molecule has 1 heterocycles. The third kappa shape index (κ3) is 9.00. The SMILES string of the molecule is CC(Sc1cccc(NC(=O)/C(=C\c2c(F)cccc2Cl)NC(=O)c2ccccc2)c1)C(=O)Nc1nc(-c2ccc(Cl)cc2Cl)cs1. The number of aromatic nitrogens is 1. The molecule has 1 atom stereocenters. The van der Waals surface area contributed by atoms with Gasteiger partial charge in [-0.05, 0) is 73.7 Å². The van der Waals surface area contributed by atoms with E-state index in [4.69, 9.17) is 34.8 Å². The molecule has 0 saturated heterocycles. The molecule has 5 aromatic rings. The second-order valence-electron chi connectivity index (χ2n) is 9.91. The Morgan fingerprint density at radius 2 is 1.66 bits per heavy atom. The van der Waals surface area contributed by atoms with Gasteiger partial charge >= 0.3 is 0 Å². The van der Waals surface area contributed by atoms with E-state index in [0.717, 1.165) is 0 Å². The molecule has 0 bridgehead atoms. The van der Waals surface area contributed by atoms with Gasteiger partial charge in [-0.3, -0.25) is 14.4 Å². The van der Waals surface area contributed by atoms with E-state index in [1.54, 1.807) is 85.1 Å². The van der Waals surface area contributed by atoms with Crippen LogP contribution in [0.3, 0.4) is 0 Å². The van der Waals surface area contributed by atoms with Gasteiger partial charge in [0.2, 0.25) is 5.91 Å². The van der Waals surface area contributed by atoms with Crippen molar-refractivity contribution in [1.29, 1.82) is 0 Å². The van der Waals surface area contributed by atoms with Crippen LogP contribution in [0.1, 0.15) is 22.8 Å². The lowest BCUT2D eigenvalue weighted by atomic mass is 10.1. The van der Waals surface area contributed by atoms with Gasteiger partial charge in [0.25, 0.3) is 11.8 Å². The summed E-state index contributed by atoms with van der Waals surface area (Å²) in [4.78, 5) is 44.5. The lowest BCUT2D eigenvalue weighted by Gasteiger charge is -2.14. The third-order valence-corrected chi connectivity index (χ3v) is 9.26. The lowest BCUT2D eigenvalue weighted by Crippen LogP contribution is -2.30. The Balaban J connectivity index is 1.28. The molecule has 4 aromatic carbocycles.